The molecular formula is C13H21NO3. The van der Waals surface area contributed by atoms with E-state index in [0.29, 0.717) is 18.4 Å². The largest absolute Gasteiger partial charge is 0.472 e. The van der Waals surface area contributed by atoms with Crippen molar-refractivity contribution in [3.63, 3.8) is 0 Å². The predicted molar refractivity (Wildman–Crippen MR) is 66.2 cm³/mol. The summed E-state index contributed by atoms with van der Waals surface area (Å²) in [6.07, 6.45) is -0.0542. The number of methoxy groups -OCH3 is 1. The third kappa shape index (κ3) is 4.32. The Morgan fingerprint density at radius 3 is 2.53 bits per heavy atom. The molecule has 0 aliphatic heterocycles. The normalized spacial score (nSPS) is 12.8. The van der Waals surface area contributed by atoms with Crippen molar-refractivity contribution in [2.24, 2.45) is 0 Å². The van der Waals surface area contributed by atoms with Gasteiger partial charge in [0.05, 0.1) is 13.2 Å². The Morgan fingerprint density at radius 1 is 1.29 bits per heavy atom. The number of aliphatic hydroxyl groups excluding tert-OH is 1. The Labute approximate surface area is 103 Å². The number of aromatic nitrogens is 1. The van der Waals surface area contributed by atoms with E-state index in [1.54, 1.807) is 13.2 Å². The van der Waals surface area contributed by atoms with Crippen LogP contribution in [0.25, 0.3) is 0 Å². The van der Waals surface area contributed by atoms with Gasteiger partial charge in [0.1, 0.15) is 6.10 Å². The predicted octanol–water partition coefficient (Wildman–Crippen LogP) is 2.11. The number of pyridine rings is 1. The Bertz CT molecular complexity index is 353. The van der Waals surface area contributed by atoms with Gasteiger partial charge >= 0.3 is 0 Å². The molecule has 0 fully saturated rings. The molecule has 0 aliphatic carbocycles. The molecule has 0 saturated carbocycles. The summed E-state index contributed by atoms with van der Waals surface area (Å²) in [5.74, 6) is 0.853. The van der Waals surface area contributed by atoms with E-state index >= 15 is 0 Å². The van der Waals surface area contributed by atoms with Crippen LogP contribution >= 0.6 is 0 Å². The topological polar surface area (TPSA) is 51.6 Å². The van der Waals surface area contributed by atoms with Gasteiger partial charge in [0.25, 0.3) is 0 Å². The number of hydrogen-bond donors (Lipinski definition) is 1. The molecule has 1 N–H and O–H groups in total. The van der Waals surface area contributed by atoms with E-state index < -0.39 is 0 Å². The molecular weight excluding hydrogens is 218 g/mol. The lowest BCUT2D eigenvalue weighted by Crippen LogP contribution is -2.19. The fourth-order valence-corrected chi connectivity index (χ4v) is 1.50. The minimum absolute atomic E-state index is 0.00272. The van der Waals surface area contributed by atoms with Gasteiger partial charge in [0.2, 0.25) is 5.88 Å². The highest BCUT2D eigenvalue weighted by Gasteiger charge is 2.09. The van der Waals surface area contributed by atoms with E-state index in [4.69, 9.17) is 9.47 Å². The minimum Gasteiger partial charge on any atom is -0.472 e. The van der Waals surface area contributed by atoms with Gasteiger partial charge in [-0.3, -0.25) is 0 Å². The second-order valence-corrected chi connectivity index (χ2v) is 4.44. The molecule has 1 aromatic heterocycles. The van der Waals surface area contributed by atoms with Crippen molar-refractivity contribution in [2.45, 2.75) is 39.4 Å². The Hall–Kier alpha value is -1.13. The lowest BCUT2D eigenvalue weighted by atomic mass is 10.1. The lowest BCUT2D eigenvalue weighted by molar-refractivity contribution is 0.0886. The first-order valence-corrected chi connectivity index (χ1v) is 5.84. The zero-order valence-electron chi connectivity index (χ0n) is 10.9. The SMILES string of the molecule is COCC(C)Oc1cc(CO)cc(C(C)C)n1. The monoisotopic (exact) mass is 239 g/mol. The van der Waals surface area contributed by atoms with Crippen molar-refractivity contribution in [2.75, 3.05) is 13.7 Å². The van der Waals surface area contributed by atoms with Gasteiger partial charge in [-0.15, -0.1) is 0 Å². The number of nitrogens with zero attached hydrogens (tertiary/aromatic N) is 1. The summed E-state index contributed by atoms with van der Waals surface area (Å²) in [6.45, 7) is 6.56. The van der Waals surface area contributed by atoms with Gasteiger partial charge in [-0.1, -0.05) is 13.8 Å². The lowest BCUT2D eigenvalue weighted by Gasteiger charge is -2.15. The molecule has 4 nitrogen and oxygen atoms in total. The quantitative estimate of drug-likeness (QED) is 0.826. The molecule has 4 heteroatoms. The zero-order chi connectivity index (χ0) is 12.8. The van der Waals surface area contributed by atoms with Crippen LogP contribution < -0.4 is 4.74 Å². The maximum absolute atomic E-state index is 9.20. The molecule has 0 saturated heterocycles. The van der Waals surface area contributed by atoms with Crippen LogP contribution in [-0.4, -0.2) is 29.9 Å². The molecule has 1 atom stereocenters. The third-order valence-electron chi connectivity index (χ3n) is 2.38. The van der Waals surface area contributed by atoms with Crippen molar-refractivity contribution in [3.05, 3.63) is 23.4 Å². The van der Waals surface area contributed by atoms with Gasteiger partial charge < -0.3 is 14.6 Å². The van der Waals surface area contributed by atoms with E-state index in [0.717, 1.165) is 11.3 Å². The molecule has 1 aromatic rings. The molecule has 1 rings (SSSR count). The number of aliphatic hydroxyl groups is 1. The van der Waals surface area contributed by atoms with Crippen LogP contribution in [0.3, 0.4) is 0 Å². The average Bonchev–Trinajstić information content (AvgIpc) is 2.28. The number of rotatable bonds is 6. The second kappa shape index (κ2) is 6.57. The fourth-order valence-electron chi connectivity index (χ4n) is 1.50. The van der Waals surface area contributed by atoms with E-state index in [1.165, 1.54) is 0 Å². The van der Waals surface area contributed by atoms with Gasteiger partial charge in [-0.05, 0) is 24.5 Å². The summed E-state index contributed by atoms with van der Waals surface area (Å²) < 4.78 is 10.6. The third-order valence-corrected chi connectivity index (χ3v) is 2.38. The Balaban J connectivity index is 2.87. The van der Waals surface area contributed by atoms with Crippen molar-refractivity contribution in [1.29, 1.82) is 0 Å². The molecule has 0 aromatic carbocycles. The summed E-state index contributed by atoms with van der Waals surface area (Å²) in [6, 6.07) is 3.66. The van der Waals surface area contributed by atoms with Crippen LogP contribution in [0, 0.1) is 0 Å². The molecule has 0 bridgehead atoms. The van der Waals surface area contributed by atoms with E-state index in [2.05, 4.69) is 18.8 Å². The van der Waals surface area contributed by atoms with E-state index in [-0.39, 0.29) is 12.7 Å². The van der Waals surface area contributed by atoms with Gasteiger partial charge in [0, 0.05) is 18.9 Å². The molecule has 0 aliphatic rings. The highest BCUT2D eigenvalue weighted by atomic mass is 16.5. The molecule has 17 heavy (non-hydrogen) atoms. The molecule has 0 spiro atoms. The molecule has 96 valence electrons. The summed E-state index contributed by atoms with van der Waals surface area (Å²) in [5.41, 5.74) is 1.75. The van der Waals surface area contributed by atoms with Crippen LogP contribution in [0.5, 0.6) is 5.88 Å². The van der Waals surface area contributed by atoms with Crippen LogP contribution in [0.4, 0.5) is 0 Å². The van der Waals surface area contributed by atoms with Crippen molar-refractivity contribution < 1.29 is 14.6 Å². The summed E-state index contributed by atoms with van der Waals surface area (Å²) >= 11 is 0. The molecule has 0 amide bonds. The van der Waals surface area contributed by atoms with E-state index in [1.807, 2.05) is 13.0 Å². The standard InChI is InChI=1S/C13H21NO3/c1-9(2)12-5-11(7-15)6-13(14-12)17-10(3)8-16-4/h5-6,9-10,15H,7-8H2,1-4H3. The summed E-state index contributed by atoms with van der Waals surface area (Å²) in [5, 5.41) is 9.20. The number of hydrogen-bond acceptors (Lipinski definition) is 4. The zero-order valence-corrected chi connectivity index (χ0v) is 10.9. The molecule has 0 radical (unpaired) electrons. The summed E-state index contributed by atoms with van der Waals surface area (Å²) in [4.78, 5) is 4.41. The fraction of sp³-hybridized carbons (Fsp3) is 0.615. The number of ether oxygens (including phenoxy) is 2. The molecule has 1 heterocycles. The first-order valence-electron chi connectivity index (χ1n) is 5.84. The van der Waals surface area contributed by atoms with Gasteiger partial charge in [0.15, 0.2) is 0 Å². The van der Waals surface area contributed by atoms with Crippen molar-refractivity contribution >= 4 is 0 Å². The van der Waals surface area contributed by atoms with Crippen LogP contribution in [0.1, 0.15) is 37.9 Å². The molecule has 1 unspecified atom stereocenters. The highest BCUT2D eigenvalue weighted by Crippen LogP contribution is 2.19. The summed E-state index contributed by atoms with van der Waals surface area (Å²) in [7, 11) is 1.64. The van der Waals surface area contributed by atoms with Crippen LogP contribution in [0.15, 0.2) is 12.1 Å². The smallest absolute Gasteiger partial charge is 0.214 e. The van der Waals surface area contributed by atoms with Crippen molar-refractivity contribution in [3.8, 4) is 5.88 Å². The van der Waals surface area contributed by atoms with Crippen molar-refractivity contribution in [1.82, 2.24) is 4.98 Å². The van der Waals surface area contributed by atoms with Crippen LogP contribution in [-0.2, 0) is 11.3 Å². The first kappa shape index (κ1) is 13.9. The van der Waals surface area contributed by atoms with Gasteiger partial charge in [-0.25, -0.2) is 4.98 Å². The van der Waals surface area contributed by atoms with Crippen LogP contribution in [0.2, 0.25) is 0 Å². The highest BCUT2D eigenvalue weighted by molar-refractivity contribution is 5.26. The van der Waals surface area contributed by atoms with Gasteiger partial charge in [-0.2, -0.15) is 0 Å². The second-order valence-electron chi connectivity index (χ2n) is 4.44. The Morgan fingerprint density at radius 2 is 2.00 bits per heavy atom. The maximum atomic E-state index is 9.20. The maximum Gasteiger partial charge on any atom is 0.214 e. The average molecular weight is 239 g/mol. The first-order chi connectivity index (χ1) is 8.06. The minimum atomic E-state index is -0.0542. The van der Waals surface area contributed by atoms with E-state index in [9.17, 15) is 5.11 Å². The Kier molecular flexibility index (Phi) is 5.38.